The van der Waals surface area contributed by atoms with Gasteiger partial charge in [0.2, 0.25) is 0 Å². The molecular weight excluding hydrogens is 709 g/mol. The molecule has 1 aliphatic carbocycles. The van der Waals surface area contributed by atoms with Crippen LogP contribution >= 0.6 is 0 Å². The Morgan fingerprint density at radius 3 is 1.61 bits per heavy atom. The summed E-state index contributed by atoms with van der Waals surface area (Å²) in [6, 6.07) is 78.3. The van der Waals surface area contributed by atoms with E-state index >= 15 is 0 Å². The first kappa shape index (κ1) is 34.9. The van der Waals surface area contributed by atoms with Crippen molar-refractivity contribution in [1.82, 2.24) is 0 Å². The van der Waals surface area contributed by atoms with Crippen LogP contribution in [0.4, 0.5) is 0 Å². The van der Waals surface area contributed by atoms with Gasteiger partial charge >= 0.3 is 0 Å². The van der Waals surface area contributed by atoms with Crippen molar-refractivity contribution < 1.29 is 0 Å². The molecule has 11 rings (SSSR count). The summed E-state index contributed by atoms with van der Waals surface area (Å²) in [5.74, 6) is 0. The zero-order valence-electron chi connectivity index (χ0n) is 33.3. The highest BCUT2D eigenvalue weighted by Gasteiger charge is 2.35. The molecule has 0 nitrogen and oxygen atoms in total. The van der Waals surface area contributed by atoms with Crippen molar-refractivity contribution in [1.29, 1.82) is 0 Å². The quantitative estimate of drug-likeness (QED) is 0.117. The molecular formula is C59H42. The van der Waals surface area contributed by atoms with E-state index in [1.54, 1.807) is 0 Å². The summed E-state index contributed by atoms with van der Waals surface area (Å²) in [4.78, 5) is 0. The van der Waals surface area contributed by atoms with E-state index in [-0.39, 0.29) is 5.41 Å². The lowest BCUT2D eigenvalue weighted by atomic mass is 9.80. The fraction of sp³-hybridized carbons (Fsp3) is 0.0508. The van der Waals surface area contributed by atoms with Gasteiger partial charge in [-0.05, 0) is 128 Å². The molecule has 0 fully saturated rings. The van der Waals surface area contributed by atoms with Gasteiger partial charge in [-0.15, -0.1) is 0 Å². The fourth-order valence-electron chi connectivity index (χ4n) is 9.79. The maximum Gasteiger partial charge on any atom is 0.0159 e. The van der Waals surface area contributed by atoms with Gasteiger partial charge in [-0.3, -0.25) is 0 Å². The van der Waals surface area contributed by atoms with Crippen molar-refractivity contribution in [2.45, 2.75) is 19.3 Å². The molecule has 0 aromatic heterocycles. The Balaban J connectivity index is 1.14. The fourth-order valence-corrected chi connectivity index (χ4v) is 9.79. The van der Waals surface area contributed by atoms with E-state index in [9.17, 15) is 0 Å². The standard InChI is InChI=1S/C59H42/c1-59(2)55-27-14-13-23-48(55)49-34-33-45(38-56(49)59)58-51-25-12-11-24-50(51)57(52-35-32-44(37-54(52)58)47-26-15-21-40-20-9-10-22-46(40)47)43-30-28-39(29-31-43)36-53(41-16-5-3-6-17-41)42-18-7-4-8-19-42/h3-38H,1-2H3. The zero-order valence-corrected chi connectivity index (χ0v) is 33.3. The smallest absolute Gasteiger partial charge is 0.0159 e. The van der Waals surface area contributed by atoms with Crippen molar-refractivity contribution in [3.05, 3.63) is 240 Å². The number of hydrogen-bond donors (Lipinski definition) is 0. The van der Waals surface area contributed by atoms with Crippen LogP contribution in [0.5, 0.6) is 0 Å². The van der Waals surface area contributed by atoms with E-state index in [0.29, 0.717) is 0 Å². The second-order valence-electron chi connectivity index (χ2n) is 16.4. The number of rotatable bonds is 6. The largest absolute Gasteiger partial charge is 0.0622 e. The summed E-state index contributed by atoms with van der Waals surface area (Å²) in [6.07, 6.45) is 2.32. The molecule has 10 aromatic carbocycles. The first-order chi connectivity index (χ1) is 29.0. The molecule has 1 aliphatic rings. The summed E-state index contributed by atoms with van der Waals surface area (Å²) in [5, 5.41) is 7.55. The Morgan fingerprint density at radius 1 is 0.356 bits per heavy atom. The molecule has 0 heteroatoms. The van der Waals surface area contributed by atoms with Crippen LogP contribution in [-0.4, -0.2) is 0 Å². The predicted molar refractivity (Wildman–Crippen MR) is 253 cm³/mol. The Kier molecular flexibility index (Phi) is 8.27. The average molecular weight is 751 g/mol. The lowest BCUT2D eigenvalue weighted by Crippen LogP contribution is -2.14. The van der Waals surface area contributed by atoms with E-state index in [1.807, 2.05) is 0 Å². The molecule has 0 atom stereocenters. The third-order valence-corrected chi connectivity index (χ3v) is 12.7. The number of fused-ring (bicyclic) bond motifs is 6. The minimum atomic E-state index is -0.0985. The van der Waals surface area contributed by atoms with E-state index in [2.05, 4.69) is 232 Å². The van der Waals surface area contributed by atoms with Crippen LogP contribution in [0.3, 0.4) is 0 Å². The van der Waals surface area contributed by atoms with Crippen molar-refractivity contribution in [3.63, 3.8) is 0 Å². The molecule has 10 aromatic rings. The minimum Gasteiger partial charge on any atom is -0.0622 e. The van der Waals surface area contributed by atoms with Crippen LogP contribution in [0.1, 0.15) is 41.7 Å². The molecule has 0 saturated heterocycles. The Hall–Kier alpha value is -7.28. The van der Waals surface area contributed by atoms with Crippen molar-refractivity contribution >= 4 is 44.0 Å². The highest BCUT2D eigenvalue weighted by atomic mass is 14.4. The van der Waals surface area contributed by atoms with Crippen LogP contribution in [0.15, 0.2) is 212 Å². The topological polar surface area (TPSA) is 0 Å². The van der Waals surface area contributed by atoms with E-state index in [0.717, 1.165) is 0 Å². The van der Waals surface area contributed by atoms with Crippen molar-refractivity contribution in [3.8, 4) is 44.5 Å². The lowest BCUT2D eigenvalue weighted by Gasteiger charge is -2.23. The number of benzene rings is 10. The maximum absolute atomic E-state index is 2.49. The number of hydrogen-bond acceptors (Lipinski definition) is 0. The van der Waals surface area contributed by atoms with Gasteiger partial charge in [-0.1, -0.05) is 214 Å². The second kappa shape index (κ2) is 14.0. The third-order valence-electron chi connectivity index (χ3n) is 12.7. The Morgan fingerprint density at radius 2 is 0.881 bits per heavy atom. The highest BCUT2D eigenvalue weighted by molar-refractivity contribution is 6.22. The summed E-state index contributed by atoms with van der Waals surface area (Å²) in [6.45, 7) is 4.75. The van der Waals surface area contributed by atoms with Crippen LogP contribution in [-0.2, 0) is 5.41 Å². The van der Waals surface area contributed by atoms with Gasteiger partial charge in [0.25, 0.3) is 0 Å². The monoisotopic (exact) mass is 750 g/mol. The summed E-state index contributed by atoms with van der Waals surface area (Å²) in [5.41, 5.74) is 17.6. The molecule has 0 amide bonds. The molecule has 278 valence electrons. The molecule has 0 spiro atoms. The van der Waals surface area contributed by atoms with Gasteiger partial charge in [0.1, 0.15) is 0 Å². The lowest BCUT2D eigenvalue weighted by molar-refractivity contribution is 0.660. The Bertz CT molecular complexity index is 3210. The van der Waals surface area contributed by atoms with Crippen molar-refractivity contribution in [2.75, 3.05) is 0 Å². The molecule has 0 radical (unpaired) electrons. The zero-order chi connectivity index (χ0) is 39.5. The third kappa shape index (κ3) is 5.83. The van der Waals surface area contributed by atoms with Crippen molar-refractivity contribution in [2.24, 2.45) is 0 Å². The van der Waals surface area contributed by atoms with Gasteiger partial charge in [0, 0.05) is 5.41 Å². The van der Waals surface area contributed by atoms with Gasteiger partial charge in [0.05, 0.1) is 0 Å². The normalized spacial score (nSPS) is 12.7. The predicted octanol–water partition coefficient (Wildman–Crippen LogP) is 16.0. The van der Waals surface area contributed by atoms with Crippen LogP contribution < -0.4 is 0 Å². The molecule has 0 saturated carbocycles. The Labute approximate surface area is 346 Å². The summed E-state index contributed by atoms with van der Waals surface area (Å²) in [7, 11) is 0. The van der Waals surface area contributed by atoms with Gasteiger partial charge in [-0.2, -0.15) is 0 Å². The van der Waals surface area contributed by atoms with Crippen LogP contribution in [0, 0.1) is 0 Å². The van der Waals surface area contributed by atoms with Gasteiger partial charge < -0.3 is 0 Å². The maximum atomic E-state index is 2.49. The summed E-state index contributed by atoms with van der Waals surface area (Å²) < 4.78 is 0. The average Bonchev–Trinajstić information content (AvgIpc) is 3.53. The van der Waals surface area contributed by atoms with Crippen LogP contribution in [0.25, 0.3) is 88.5 Å². The summed E-state index contributed by atoms with van der Waals surface area (Å²) >= 11 is 0. The SMILES string of the molecule is CC1(C)c2ccccc2-c2ccc(-c3c4ccccc4c(-c4ccc(C=C(c5ccccc5)c5ccccc5)cc4)c4ccc(-c5cccc6ccccc56)cc34)cc21. The van der Waals surface area contributed by atoms with E-state index in [4.69, 9.17) is 0 Å². The minimum absolute atomic E-state index is 0.0985. The molecule has 0 aliphatic heterocycles. The first-order valence-corrected chi connectivity index (χ1v) is 20.7. The van der Waals surface area contributed by atoms with E-state index < -0.39 is 0 Å². The molecule has 0 unspecified atom stereocenters. The first-order valence-electron chi connectivity index (χ1n) is 20.7. The molecule has 59 heavy (non-hydrogen) atoms. The van der Waals surface area contributed by atoms with Gasteiger partial charge in [0.15, 0.2) is 0 Å². The van der Waals surface area contributed by atoms with Gasteiger partial charge in [-0.25, -0.2) is 0 Å². The van der Waals surface area contributed by atoms with E-state index in [1.165, 1.54) is 110 Å². The molecule has 0 bridgehead atoms. The van der Waals surface area contributed by atoms with Crippen LogP contribution in [0.2, 0.25) is 0 Å². The second-order valence-corrected chi connectivity index (χ2v) is 16.4. The molecule has 0 N–H and O–H groups in total. The molecule has 0 heterocycles. The highest BCUT2D eigenvalue weighted by Crippen LogP contribution is 2.51.